The van der Waals surface area contributed by atoms with E-state index in [4.69, 9.17) is 4.74 Å². The summed E-state index contributed by atoms with van der Waals surface area (Å²) in [7, 11) is -3.87. The lowest BCUT2D eigenvalue weighted by atomic mass is 10.1. The number of nitrogens with one attached hydrogen (secondary N) is 1. The molecule has 1 N–H and O–H groups in total. The number of hydrogen-bond acceptors (Lipinski definition) is 5. The Kier molecular flexibility index (Phi) is 7.18. The van der Waals surface area contributed by atoms with Crippen LogP contribution in [0.15, 0.2) is 83.9 Å². The van der Waals surface area contributed by atoms with Gasteiger partial charge in [-0.25, -0.2) is 12.4 Å². The lowest BCUT2D eigenvalue weighted by Gasteiger charge is -2.26. The predicted molar refractivity (Wildman–Crippen MR) is 142 cm³/mol. The fourth-order valence-electron chi connectivity index (χ4n) is 4.60. The van der Waals surface area contributed by atoms with Crippen molar-refractivity contribution in [2.45, 2.75) is 11.3 Å². The van der Waals surface area contributed by atoms with Crippen molar-refractivity contribution < 1.29 is 17.9 Å². The number of para-hydroxylation sites is 1. The van der Waals surface area contributed by atoms with Gasteiger partial charge >= 0.3 is 0 Å². The van der Waals surface area contributed by atoms with Crippen LogP contribution < -0.4 is 5.32 Å². The zero-order valence-corrected chi connectivity index (χ0v) is 20.8. The summed E-state index contributed by atoms with van der Waals surface area (Å²) in [6.45, 7) is 4.89. The number of amides is 1. The van der Waals surface area contributed by atoms with Crippen molar-refractivity contribution in [3.63, 3.8) is 0 Å². The zero-order valence-electron chi connectivity index (χ0n) is 20.0. The molecule has 1 aliphatic rings. The third kappa shape index (κ3) is 5.06. The van der Waals surface area contributed by atoms with Crippen LogP contribution in [0.1, 0.15) is 12.0 Å². The van der Waals surface area contributed by atoms with Crippen LogP contribution in [0.5, 0.6) is 0 Å². The first-order chi connectivity index (χ1) is 17.5. The Labute approximate surface area is 211 Å². The molecule has 0 saturated carbocycles. The van der Waals surface area contributed by atoms with Crippen molar-refractivity contribution in [1.82, 2.24) is 14.2 Å². The van der Waals surface area contributed by atoms with Crippen molar-refractivity contribution in [3.05, 3.63) is 84.6 Å². The van der Waals surface area contributed by atoms with Crippen LogP contribution in [-0.4, -0.2) is 62.6 Å². The van der Waals surface area contributed by atoms with Gasteiger partial charge in [0.05, 0.1) is 23.6 Å². The van der Waals surface area contributed by atoms with E-state index in [2.05, 4.69) is 10.2 Å². The van der Waals surface area contributed by atoms with Gasteiger partial charge in [-0.3, -0.25) is 9.69 Å². The predicted octanol–water partition coefficient (Wildman–Crippen LogP) is 3.88. The normalized spacial score (nSPS) is 15.1. The van der Waals surface area contributed by atoms with Gasteiger partial charge in [0.2, 0.25) is 5.91 Å². The summed E-state index contributed by atoms with van der Waals surface area (Å²) in [6.07, 6.45) is 5.59. The standard InChI is InChI=1S/C28H29N3O4S/c32-28(29-15-6-16-30-17-19-35-20-18-30)14-13-23-21-31(26-11-4-3-9-24(23)26)36(33,34)27-12-5-8-22-7-1-2-10-25(22)27/h1-5,7-14,21H,6,15-20H2,(H,29,32)/b14-13+. The van der Waals surface area contributed by atoms with Crippen molar-refractivity contribution >= 4 is 43.7 Å². The second-order valence-electron chi connectivity index (χ2n) is 8.81. The van der Waals surface area contributed by atoms with Crippen LogP contribution in [0.25, 0.3) is 27.8 Å². The van der Waals surface area contributed by atoms with E-state index in [-0.39, 0.29) is 10.8 Å². The number of fused-ring (bicyclic) bond motifs is 2. The fraction of sp³-hybridized carbons (Fsp3) is 0.250. The summed E-state index contributed by atoms with van der Waals surface area (Å²) in [5.74, 6) is -0.203. The Balaban J connectivity index is 1.36. The third-order valence-electron chi connectivity index (χ3n) is 6.46. The maximum absolute atomic E-state index is 13.8. The summed E-state index contributed by atoms with van der Waals surface area (Å²) < 4.78 is 34.2. The second kappa shape index (κ2) is 10.7. The number of carbonyl (C=O) groups excluding carboxylic acids is 1. The molecule has 8 heteroatoms. The van der Waals surface area contributed by atoms with E-state index in [1.807, 2.05) is 48.5 Å². The highest BCUT2D eigenvalue weighted by molar-refractivity contribution is 7.90. The lowest BCUT2D eigenvalue weighted by Crippen LogP contribution is -2.38. The van der Waals surface area contributed by atoms with E-state index in [1.54, 1.807) is 30.5 Å². The van der Waals surface area contributed by atoms with E-state index >= 15 is 0 Å². The highest BCUT2D eigenvalue weighted by Gasteiger charge is 2.22. The quantitative estimate of drug-likeness (QED) is 0.292. The van der Waals surface area contributed by atoms with E-state index in [0.29, 0.717) is 23.0 Å². The Morgan fingerprint density at radius 1 is 0.944 bits per heavy atom. The average Bonchev–Trinajstić information content (AvgIpc) is 3.30. The minimum absolute atomic E-state index is 0.203. The molecule has 7 nitrogen and oxygen atoms in total. The number of carbonyl (C=O) groups is 1. The van der Waals surface area contributed by atoms with E-state index in [9.17, 15) is 13.2 Å². The molecular weight excluding hydrogens is 474 g/mol. The topological polar surface area (TPSA) is 80.6 Å². The first-order valence-corrected chi connectivity index (χ1v) is 13.6. The van der Waals surface area contributed by atoms with Crippen LogP contribution >= 0.6 is 0 Å². The molecule has 1 aromatic heterocycles. The van der Waals surface area contributed by atoms with Crippen LogP contribution in [-0.2, 0) is 19.6 Å². The van der Waals surface area contributed by atoms with Gasteiger partial charge < -0.3 is 10.1 Å². The molecule has 0 atom stereocenters. The maximum atomic E-state index is 13.8. The van der Waals surface area contributed by atoms with Gasteiger partial charge in [-0.1, -0.05) is 54.6 Å². The van der Waals surface area contributed by atoms with Gasteiger partial charge in [0.15, 0.2) is 0 Å². The average molecular weight is 504 g/mol. The maximum Gasteiger partial charge on any atom is 0.268 e. The molecular formula is C28H29N3O4S. The van der Waals surface area contributed by atoms with E-state index in [1.165, 1.54) is 10.0 Å². The van der Waals surface area contributed by atoms with Gasteiger partial charge in [-0.05, 0) is 36.6 Å². The Morgan fingerprint density at radius 2 is 1.67 bits per heavy atom. The van der Waals surface area contributed by atoms with Gasteiger partial charge in [0.25, 0.3) is 10.0 Å². The zero-order chi connectivity index (χ0) is 25.0. The second-order valence-corrected chi connectivity index (χ2v) is 10.6. The molecule has 1 saturated heterocycles. The molecule has 1 aliphatic heterocycles. The first-order valence-electron chi connectivity index (χ1n) is 12.1. The van der Waals surface area contributed by atoms with E-state index in [0.717, 1.165) is 50.0 Å². The number of benzene rings is 3. The number of aromatic nitrogens is 1. The number of nitrogens with zero attached hydrogens (tertiary/aromatic N) is 2. The molecule has 0 aliphatic carbocycles. The summed E-state index contributed by atoms with van der Waals surface area (Å²) in [5, 5.41) is 5.21. The number of rotatable bonds is 8. The lowest BCUT2D eigenvalue weighted by molar-refractivity contribution is -0.116. The Bertz CT molecular complexity index is 1510. The van der Waals surface area contributed by atoms with Crippen LogP contribution in [0.2, 0.25) is 0 Å². The first kappa shape index (κ1) is 24.2. The molecule has 186 valence electrons. The van der Waals surface area contributed by atoms with Crippen LogP contribution in [0, 0.1) is 0 Å². The third-order valence-corrected chi connectivity index (χ3v) is 8.20. The van der Waals surface area contributed by atoms with E-state index < -0.39 is 10.0 Å². The van der Waals surface area contributed by atoms with Gasteiger partial charge in [-0.15, -0.1) is 0 Å². The molecule has 1 amide bonds. The molecule has 1 fully saturated rings. The van der Waals surface area contributed by atoms with Crippen LogP contribution in [0.3, 0.4) is 0 Å². The van der Waals surface area contributed by atoms with Crippen molar-refractivity contribution in [1.29, 1.82) is 0 Å². The van der Waals surface area contributed by atoms with Crippen molar-refractivity contribution in [2.75, 3.05) is 39.4 Å². The molecule has 0 radical (unpaired) electrons. The van der Waals surface area contributed by atoms with Gasteiger partial charge in [0, 0.05) is 48.2 Å². The molecule has 3 aromatic carbocycles. The smallest absolute Gasteiger partial charge is 0.268 e. The monoisotopic (exact) mass is 503 g/mol. The van der Waals surface area contributed by atoms with Crippen molar-refractivity contribution in [3.8, 4) is 0 Å². The molecule has 0 spiro atoms. The highest BCUT2D eigenvalue weighted by atomic mass is 32.2. The Hall–Kier alpha value is -3.46. The number of morpholine rings is 1. The summed E-state index contributed by atoms with van der Waals surface area (Å²) >= 11 is 0. The van der Waals surface area contributed by atoms with Crippen LogP contribution in [0.4, 0.5) is 0 Å². The molecule has 4 aromatic rings. The summed E-state index contributed by atoms with van der Waals surface area (Å²) in [4.78, 5) is 15.0. The van der Waals surface area contributed by atoms with Gasteiger partial charge in [-0.2, -0.15) is 0 Å². The fourth-order valence-corrected chi connectivity index (χ4v) is 6.19. The molecule has 5 rings (SSSR count). The molecule has 36 heavy (non-hydrogen) atoms. The minimum atomic E-state index is -3.87. The summed E-state index contributed by atoms with van der Waals surface area (Å²) in [6, 6.07) is 20.0. The molecule has 2 heterocycles. The highest BCUT2D eigenvalue weighted by Crippen LogP contribution is 2.30. The number of hydrogen-bond donors (Lipinski definition) is 1. The minimum Gasteiger partial charge on any atom is -0.379 e. The SMILES string of the molecule is O=C(/C=C/c1cn(S(=O)(=O)c2cccc3ccccc23)c2ccccc12)NCCCN1CCOCC1. The largest absolute Gasteiger partial charge is 0.379 e. The van der Waals surface area contributed by atoms with Gasteiger partial charge in [0.1, 0.15) is 0 Å². The van der Waals surface area contributed by atoms with Crippen molar-refractivity contribution in [2.24, 2.45) is 0 Å². The Morgan fingerprint density at radius 3 is 2.50 bits per heavy atom. The molecule has 0 unspecified atom stereocenters. The molecule has 0 bridgehead atoms. The number of ether oxygens (including phenoxy) is 1. The summed E-state index contributed by atoms with van der Waals surface area (Å²) in [5.41, 5.74) is 1.23.